The van der Waals surface area contributed by atoms with E-state index in [0.717, 1.165) is 17.7 Å². The van der Waals surface area contributed by atoms with Gasteiger partial charge in [-0.05, 0) is 51.0 Å². The minimum atomic E-state index is -4.34. The second kappa shape index (κ2) is 9.36. The van der Waals surface area contributed by atoms with Gasteiger partial charge < -0.3 is 14.6 Å². The first kappa shape index (κ1) is 23.8. The number of nitrogens with zero attached hydrogens (tertiary/aromatic N) is 2. The van der Waals surface area contributed by atoms with Crippen molar-refractivity contribution < 1.29 is 27.5 Å². The molecule has 1 saturated heterocycles. The lowest BCUT2D eigenvalue weighted by Gasteiger charge is -2.34. The van der Waals surface area contributed by atoms with E-state index in [1.54, 1.807) is 32.6 Å². The lowest BCUT2D eigenvalue weighted by Crippen LogP contribution is -2.48. The molecule has 0 atom stereocenters. The number of aryl methyl sites for hydroxylation is 1. The smallest absolute Gasteiger partial charge is 0.416 e. The van der Waals surface area contributed by atoms with Gasteiger partial charge in [0, 0.05) is 38.4 Å². The van der Waals surface area contributed by atoms with Crippen LogP contribution in [0.2, 0.25) is 0 Å². The standard InChI is InChI=1S/C23H28F3N3O3/c1-14(2)32-22(31)19-15(3)20(27-16(19)4)21(30)29-11-9-28(10-12-29)13-17-5-7-18(8-6-17)23(24,25)26/h5-8,14,27H,9-13H2,1-4H3. The van der Waals surface area contributed by atoms with Gasteiger partial charge >= 0.3 is 12.1 Å². The summed E-state index contributed by atoms with van der Waals surface area (Å²) in [5.41, 5.74) is 2.08. The zero-order valence-electron chi connectivity index (χ0n) is 18.7. The summed E-state index contributed by atoms with van der Waals surface area (Å²) in [6, 6.07) is 5.16. The lowest BCUT2D eigenvalue weighted by molar-refractivity contribution is -0.137. The van der Waals surface area contributed by atoms with E-state index in [4.69, 9.17) is 4.74 Å². The van der Waals surface area contributed by atoms with E-state index in [2.05, 4.69) is 9.88 Å². The number of H-pyrrole nitrogens is 1. The molecule has 2 aromatic rings. The van der Waals surface area contributed by atoms with Crippen molar-refractivity contribution in [2.24, 2.45) is 0 Å². The molecular formula is C23H28F3N3O3. The number of hydrogen-bond donors (Lipinski definition) is 1. The van der Waals surface area contributed by atoms with Crippen LogP contribution in [0.3, 0.4) is 0 Å². The second-order valence-corrected chi connectivity index (χ2v) is 8.34. The van der Waals surface area contributed by atoms with Crippen LogP contribution in [0, 0.1) is 13.8 Å². The Morgan fingerprint density at radius 2 is 1.66 bits per heavy atom. The maximum atomic E-state index is 13.0. The van der Waals surface area contributed by atoms with Crippen molar-refractivity contribution in [1.29, 1.82) is 0 Å². The van der Waals surface area contributed by atoms with E-state index < -0.39 is 17.7 Å². The van der Waals surface area contributed by atoms with E-state index >= 15 is 0 Å². The summed E-state index contributed by atoms with van der Waals surface area (Å²) >= 11 is 0. The van der Waals surface area contributed by atoms with Crippen LogP contribution in [0.15, 0.2) is 24.3 Å². The Bertz CT molecular complexity index is 973. The minimum Gasteiger partial charge on any atom is -0.459 e. The number of aromatic nitrogens is 1. The second-order valence-electron chi connectivity index (χ2n) is 8.34. The Morgan fingerprint density at radius 1 is 1.06 bits per heavy atom. The molecule has 1 N–H and O–H groups in total. The number of halogens is 3. The number of carbonyl (C=O) groups is 2. The van der Waals surface area contributed by atoms with Crippen molar-refractivity contribution in [1.82, 2.24) is 14.8 Å². The van der Waals surface area contributed by atoms with Crippen molar-refractivity contribution in [3.05, 3.63) is 57.9 Å². The normalized spacial score (nSPS) is 15.3. The first-order valence-corrected chi connectivity index (χ1v) is 10.5. The molecule has 9 heteroatoms. The van der Waals surface area contributed by atoms with E-state index in [9.17, 15) is 22.8 Å². The molecule has 1 aromatic heterocycles. The summed E-state index contributed by atoms with van der Waals surface area (Å²) in [5, 5.41) is 0. The Morgan fingerprint density at radius 3 is 2.19 bits per heavy atom. The van der Waals surface area contributed by atoms with Crippen molar-refractivity contribution in [3.8, 4) is 0 Å². The summed E-state index contributed by atoms with van der Waals surface area (Å²) in [6.45, 7) is 9.72. The number of nitrogens with one attached hydrogen (secondary N) is 1. The topological polar surface area (TPSA) is 65.6 Å². The van der Waals surface area contributed by atoms with E-state index in [1.807, 2.05) is 0 Å². The molecule has 1 amide bonds. The van der Waals surface area contributed by atoms with Gasteiger partial charge in [-0.3, -0.25) is 9.69 Å². The lowest BCUT2D eigenvalue weighted by atomic mass is 10.1. The number of ether oxygens (including phenoxy) is 1. The Labute approximate surface area is 185 Å². The maximum Gasteiger partial charge on any atom is 0.416 e. The zero-order chi connectivity index (χ0) is 23.6. The largest absolute Gasteiger partial charge is 0.459 e. The molecule has 32 heavy (non-hydrogen) atoms. The minimum absolute atomic E-state index is 0.177. The summed E-state index contributed by atoms with van der Waals surface area (Å²) in [5.74, 6) is -0.630. The van der Waals surface area contributed by atoms with E-state index in [-0.39, 0.29) is 12.0 Å². The summed E-state index contributed by atoms with van der Waals surface area (Å²) in [6.07, 6.45) is -4.60. The number of aromatic amines is 1. The van der Waals surface area contributed by atoms with Gasteiger partial charge in [-0.2, -0.15) is 13.2 Å². The van der Waals surface area contributed by atoms with Gasteiger partial charge in [-0.15, -0.1) is 0 Å². The van der Waals surface area contributed by atoms with Crippen molar-refractivity contribution >= 4 is 11.9 Å². The zero-order valence-corrected chi connectivity index (χ0v) is 18.7. The number of esters is 1. The van der Waals surface area contributed by atoms with Gasteiger partial charge in [-0.1, -0.05) is 12.1 Å². The SMILES string of the molecule is Cc1[nH]c(C(=O)N2CCN(Cc3ccc(C(F)(F)F)cc3)CC2)c(C)c1C(=O)OC(C)C. The molecule has 0 aliphatic carbocycles. The first-order valence-electron chi connectivity index (χ1n) is 10.5. The molecule has 0 saturated carbocycles. The molecule has 0 bridgehead atoms. The van der Waals surface area contributed by atoms with Crippen molar-refractivity contribution in [3.63, 3.8) is 0 Å². The number of carbonyl (C=O) groups excluding carboxylic acids is 2. The molecule has 0 spiro atoms. The van der Waals surface area contributed by atoms with Gasteiger partial charge in [0.1, 0.15) is 5.69 Å². The highest BCUT2D eigenvalue weighted by molar-refractivity contribution is 6.00. The van der Waals surface area contributed by atoms with Gasteiger partial charge in [0.25, 0.3) is 5.91 Å². The number of amides is 1. The Balaban J connectivity index is 1.61. The van der Waals surface area contributed by atoms with Crippen LogP contribution in [0.25, 0.3) is 0 Å². The van der Waals surface area contributed by atoms with Crippen molar-refractivity contribution in [2.75, 3.05) is 26.2 Å². The number of alkyl halides is 3. The van der Waals surface area contributed by atoms with E-state index in [0.29, 0.717) is 55.2 Å². The molecule has 0 unspecified atom stereocenters. The number of piperazine rings is 1. The first-order chi connectivity index (χ1) is 15.0. The summed E-state index contributed by atoms with van der Waals surface area (Å²) in [7, 11) is 0. The fourth-order valence-electron chi connectivity index (χ4n) is 3.87. The molecule has 1 aliphatic rings. The molecule has 1 aliphatic heterocycles. The summed E-state index contributed by atoms with van der Waals surface area (Å²) < 4.78 is 43.4. The molecule has 3 rings (SSSR count). The van der Waals surface area contributed by atoms with Crippen LogP contribution in [0.4, 0.5) is 13.2 Å². The molecule has 2 heterocycles. The maximum absolute atomic E-state index is 13.0. The highest BCUT2D eigenvalue weighted by Gasteiger charge is 2.31. The quantitative estimate of drug-likeness (QED) is 0.693. The Hall–Kier alpha value is -2.81. The van der Waals surface area contributed by atoms with Crippen LogP contribution in [-0.2, 0) is 17.5 Å². The number of benzene rings is 1. The van der Waals surface area contributed by atoms with Gasteiger partial charge in [0.05, 0.1) is 17.2 Å². The molecule has 1 fully saturated rings. The van der Waals surface area contributed by atoms with Crippen LogP contribution < -0.4 is 0 Å². The third-order valence-corrected chi connectivity index (χ3v) is 5.55. The van der Waals surface area contributed by atoms with Gasteiger partial charge in [0.2, 0.25) is 0 Å². The van der Waals surface area contributed by atoms with Gasteiger partial charge in [-0.25, -0.2) is 4.79 Å². The third-order valence-electron chi connectivity index (χ3n) is 5.55. The highest BCUT2D eigenvalue weighted by atomic mass is 19.4. The highest BCUT2D eigenvalue weighted by Crippen LogP contribution is 2.29. The van der Waals surface area contributed by atoms with Gasteiger partial charge in [0.15, 0.2) is 0 Å². The van der Waals surface area contributed by atoms with Crippen molar-refractivity contribution in [2.45, 2.75) is 46.5 Å². The molecule has 1 aromatic carbocycles. The average Bonchev–Trinajstić information content (AvgIpc) is 3.01. The molecule has 174 valence electrons. The van der Waals surface area contributed by atoms with Crippen LogP contribution in [0.1, 0.15) is 57.1 Å². The Kier molecular flexibility index (Phi) is 6.97. The number of rotatable bonds is 5. The monoisotopic (exact) mass is 451 g/mol. The van der Waals surface area contributed by atoms with E-state index in [1.165, 1.54) is 12.1 Å². The average molecular weight is 451 g/mol. The number of hydrogen-bond acceptors (Lipinski definition) is 4. The fourth-order valence-corrected chi connectivity index (χ4v) is 3.87. The fraction of sp³-hybridized carbons (Fsp3) is 0.478. The third kappa shape index (κ3) is 5.32. The summed E-state index contributed by atoms with van der Waals surface area (Å²) in [4.78, 5) is 32.3. The predicted octanol–water partition coefficient (Wildman–Crippen LogP) is 4.17. The van der Waals surface area contributed by atoms with Crippen LogP contribution in [-0.4, -0.2) is 58.9 Å². The molecule has 6 nitrogen and oxygen atoms in total. The van der Waals surface area contributed by atoms with Crippen LogP contribution in [0.5, 0.6) is 0 Å². The predicted molar refractivity (Wildman–Crippen MR) is 113 cm³/mol. The molecular weight excluding hydrogens is 423 g/mol. The van der Waals surface area contributed by atoms with Crippen LogP contribution >= 0.6 is 0 Å². The molecule has 0 radical (unpaired) electrons.